The summed E-state index contributed by atoms with van der Waals surface area (Å²) in [6.07, 6.45) is 4.81. The summed E-state index contributed by atoms with van der Waals surface area (Å²) in [6, 6.07) is -1.64. The summed E-state index contributed by atoms with van der Waals surface area (Å²) in [4.78, 5) is 14.3. The summed E-state index contributed by atoms with van der Waals surface area (Å²) in [7, 11) is -4.57. The minimum Gasteiger partial charge on any atom is -0.377 e. The predicted molar refractivity (Wildman–Crippen MR) is 103 cm³/mol. The van der Waals surface area contributed by atoms with Crippen molar-refractivity contribution in [1.29, 1.82) is 0 Å². The molecular formula is C16H29N3O7S2. The number of carbonyl (C=O) groups excluding carboxylic acids is 1. The highest BCUT2D eigenvalue weighted by molar-refractivity contribution is 7.92. The first-order valence-corrected chi connectivity index (χ1v) is 12.4. The van der Waals surface area contributed by atoms with Gasteiger partial charge in [-0.15, -0.1) is 0 Å². The summed E-state index contributed by atoms with van der Waals surface area (Å²) >= 11 is 0. The second-order valence-corrected chi connectivity index (χ2v) is 11.8. The molecule has 1 aliphatic carbocycles. The summed E-state index contributed by atoms with van der Waals surface area (Å²) in [6.45, 7) is 0.756. The number of likely N-dealkylation sites (tertiary alicyclic amines) is 1. The number of methoxy groups -OCH3 is 1. The maximum Gasteiger partial charge on any atom is 0.263 e. The molecule has 1 saturated heterocycles. The lowest BCUT2D eigenvalue weighted by Gasteiger charge is -2.43. The first-order valence-electron chi connectivity index (χ1n) is 9.01. The predicted octanol–water partition coefficient (Wildman–Crippen LogP) is -0.978. The summed E-state index contributed by atoms with van der Waals surface area (Å²) < 4.78 is 57.0. The molecule has 2 rings (SSSR count). The third kappa shape index (κ3) is 4.74. The van der Waals surface area contributed by atoms with E-state index in [-0.39, 0.29) is 25.4 Å². The molecule has 0 aromatic heterocycles. The minimum absolute atomic E-state index is 0.0647. The summed E-state index contributed by atoms with van der Waals surface area (Å²) in [5.74, 6) is -1.09. The Balaban J connectivity index is 2.39. The Morgan fingerprint density at radius 1 is 1.21 bits per heavy atom. The molecule has 10 nitrogen and oxygen atoms in total. The molecule has 0 aromatic rings. The van der Waals surface area contributed by atoms with E-state index in [4.69, 9.17) is 4.74 Å². The molecule has 3 unspecified atom stereocenters. The molecule has 1 fully saturated rings. The SMILES string of the molecule is COC1C=CC(S(=O)(=O)NC(C(=O)NO)C2(S(C)(=O)=O)CCN(C)CC2)CC1. The number of hydrogen-bond acceptors (Lipinski definition) is 8. The molecule has 2 aliphatic rings. The van der Waals surface area contributed by atoms with Gasteiger partial charge in [0.2, 0.25) is 10.0 Å². The van der Waals surface area contributed by atoms with Gasteiger partial charge in [0.25, 0.3) is 5.91 Å². The zero-order valence-electron chi connectivity index (χ0n) is 16.3. The number of nitrogens with one attached hydrogen (secondary N) is 2. The third-order valence-electron chi connectivity index (χ3n) is 5.73. The van der Waals surface area contributed by atoms with Gasteiger partial charge in [0, 0.05) is 13.4 Å². The number of nitrogens with zero attached hydrogens (tertiary/aromatic N) is 1. The fraction of sp³-hybridized carbons (Fsp3) is 0.812. The van der Waals surface area contributed by atoms with E-state index in [9.17, 15) is 26.8 Å². The molecule has 12 heteroatoms. The molecule has 0 radical (unpaired) electrons. The molecule has 28 heavy (non-hydrogen) atoms. The Morgan fingerprint density at radius 2 is 1.82 bits per heavy atom. The first-order chi connectivity index (χ1) is 13.0. The van der Waals surface area contributed by atoms with Crippen LogP contribution in [-0.2, 0) is 29.4 Å². The van der Waals surface area contributed by atoms with E-state index in [0.717, 1.165) is 6.26 Å². The van der Waals surface area contributed by atoms with Gasteiger partial charge in [-0.1, -0.05) is 12.2 Å². The molecule has 3 N–H and O–H groups in total. The van der Waals surface area contributed by atoms with Crippen molar-refractivity contribution in [2.45, 2.75) is 47.8 Å². The second kappa shape index (κ2) is 8.76. The van der Waals surface area contributed by atoms with Crippen molar-refractivity contribution in [3.63, 3.8) is 0 Å². The fourth-order valence-corrected chi connectivity index (χ4v) is 6.98. The van der Waals surface area contributed by atoms with Gasteiger partial charge in [0.15, 0.2) is 9.84 Å². The van der Waals surface area contributed by atoms with Gasteiger partial charge >= 0.3 is 0 Å². The van der Waals surface area contributed by atoms with Crippen LogP contribution in [0, 0.1) is 0 Å². The monoisotopic (exact) mass is 439 g/mol. The number of sulfonamides is 1. The fourth-order valence-electron chi connectivity index (χ4n) is 3.81. The van der Waals surface area contributed by atoms with Crippen molar-refractivity contribution in [2.75, 3.05) is 33.5 Å². The smallest absolute Gasteiger partial charge is 0.263 e. The van der Waals surface area contributed by atoms with Crippen molar-refractivity contribution in [3.8, 4) is 0 Å². The average Bonchev–Trinajstić information content (AvgIpc) is 2.65. The number of sulfone groups is 1. The van der Waals surface area contributed by atoms with Crippen LogP contribution in [0.2, 0.25) is 0 Å². The maximum atomic E-state index is 12.9. The van der Waals surface area contributed by atoms with Gasteiger partial charge in [-0.25, -0.2) is 27.0 Å². The van der Waals surface area contributed by atoms with Crippen molar-refractivity contribution < 1.29 is 31.6 Å². The quantitative estimate of drug-likeness (QED) is 0.261. The normalized spacial score (nSPS) is 27.3. The lowest BCUT2D eigenvalue weighted by Crippen LogP contribution is -2.66. The van der Waals surface area contributed by atoms with E-state index in [1.54, 1.807) is 6.08 Å². The molecule has 0 bridgehead atoms. The number of rotatable bonds is 7. The van der Waals surface area contributed by atoms with Crippen molar-refractivity contribution in [2.24, 2.45) is 0 Å². The zero-order chi connectivity index (χ0) is 21.2. The number of piperidine rings is 1. The van der Waals surface area contributed by atoms with Crippen LogP contribution >= 0.6 is 0 Å². The van der Waals surface area contributed by atoms with E-state index < -0.39 is 41.8 Å². The Hall–Kier alpha value is -1.05. The Labute approximate surface area is 166 Å². The number of hydrogen-bond donors (Lipinski definition) is 3. The van der Waals surface area contributed by atoms with Gasteiger partial charge in [0.05, 0.1) is 16.1 Å². The molecule has 0 spiro atoms. The van der Waals surface area contributed by atoms with Gasteiger partial charge in [-0.2, -0.15) is 0 Å². The van der Waals surface area contributed by atoms with E-state index in [1.807, 2.05) is 11.9 Å². The molecule has 3 atom stereocenters. The number of amides is 1. The molecule has 0 saturated carbocycles. The number of hydroxylamine groups is 1. The number of carbonyl (C=O) groups is 1. The highest BCUT2D eigenvalue weighted by atomic mass is 32.2. The van der Waals surface area contributed by atoms with E-state index in [1.165, 1.54) is 18.7 Å². The molecule has 1 aliphatic heterocycles. The standard InChI is InChI=1S/C16H29N3O7S2/c1-19-10-8-16(9-11-19,27(3,22)23)14(15(20)17-21)18-28(24,25)13-6-4-12(26-2)5-7-13/h4,6,12-14,18,21H,5,7-11H2,1-3H3,(H,17,20). The lowest BCUT2D eigenvalue weighted by molar-refractivity contribution is -0.132. The van der Waals surface area contributed by atoms with E-state index in [0.29, 0.717) is 19.5 Å². The molecular weight excluding hydrogens is 410 g/mol. The van der Waals surface area contributed by atoms with Crippen LogP contribution in [0.25, 0.3) is 0 Å². The van der Waals surface area contributed by atoms with Gasteiger partial charge in [-0.05, 0) is 45.8 Å². The van der Waals surface area contributed by atoms with Crippen LogP contribution in [0.1, 0.15) is 25.7 Å². The highest BCUT2D eigenvalue weighted by Crippen LogP contribution is 2.34. The zero-order valence-corrected chi connectivity index (χ0v) is 17.9. The van der Waals surface area contributed by atoms with E-state index in [2.05, 4.69) is 4.72 Å². The van der Waals surface area contributed by atoms with E-state index >= 15 is 0 Å². The van der Waals surface area contributed by atoms with Crippen molar-refractivity contribution in [3.05, 3.63) is 12.2 Å². The largest absolute Gasteiger partial charge is 0.377 e. The molecule has 162 valence electrons. The Morgan fingerprint density at radius 3 is 2.25 bits per heavy atom. The third-order valence-corrected chi connectivity index (χ3v) is 9.60. The van der Waals surface area contributed by atoms with Crippen LogP contribution in [0.4, 0.5) is 0 Å². The molecule has 1 amide bonds. The van der Waals surface area contributed by atoms with Gasteiger partial charge in [0.1, 0.15) is 6.04 Å². The van der Waals surface area contributed by atoms with Crippen molar-refractivity contribution in [1.82, 2.24) is 15.1 Å². The second-order valence-electron chi connectivity index (χ2n) is 7.49. The maximum absolute atomic E-state index is 12.9. The highest BCUT2D eigenvalue weighted by Gasteiger charge is 2.54. The Kier molecular flexibility index (Phi) is 7.27. The van der Waals surface area contributed by atoms with Gasteiger partial charge < -0.3 is 9.64 Å². The molecule has 1 heterocycles. The van der Waals surface area contributed by atoms with Crippen LogP contribution in [0.3, 0.4) is 0 Å². The van der Waals surface area contributed by atoms with Crippen LogP contribution in [0.5, 0.6) is 0 Å². The van der Waals surface area contributed by atoms with Crippen molar-refractivity contribution >= 4 is 25.8 Å². The summed E-state index contributed by atoms with van der Waals surface area (Å²) in [5, 5.41) is 8.25. The lowest BCUT2D eigenvalue weighted by atomic mass is 9.88. The number of ether oxygens (including phenoxy) is 1. The Bertz CT molecular complexity index is 802. The van der Waals surface area contributed by atoms with Crippen LogP contribution in [-0.4, -0.2) is 88.5 Å². The average molecular weight is 440 g/mol. The topological polar surface area (TPSA) is 142 Å². The molecule has 0 aromatic carbocycles. The van der Waals surface area contributed by atoms with Crippen LogP contribution < -0.4 is 10.2 Å². The minimum atomic E-state index is -4.07. The van der Waals surface area contributed by atoms with Gasteiger partial charge in [-0.3, -0.25) is 10.0 Å². The summed E-state index contributed by atoms with van der Waals surface area (Å²) in [5.41, 5.74) is 1.43. The first kappa shape index (κ1) is 23.2. The van der Waals surface area contributed by atoms with Crippen LogP contribution in [0.15, 0.2) is 12.2 Å².